The average Bonchev–Trinajstić information content (AvgIpc) is 3.04. The van der Waals surface area contributed by atoms with E-state index in [1.807, 2.05) is 42.5 Å². The normalized spacial score (nSPS) is 20.4. The van der Waals surface area contributed by atoms with E-state index in [4.69, 9.17) is 4.74 Å². The van der Waals surface area contributed by atoms with Crippen molar-refractivity contribution in [2.45, 2.75) is 12.0 Å². The highest BCUT2D eigenvalue weighted by Gasteiger charge is 2.33. The molecule has 0 fully saturated rings. The van der Waals surface area contributed by atoms with Crippen LogP contribution in [0.4, 0.5) is 0 Å². The van der Waals surface area contributed by atoms with E-state index in [1.165, 1.54) is 0 Å². The van der Waals surface area contributed by atoms with Gasteiger partial charge in [0.15, 0.2) is 5.78 Å². The Hall–Kier alpha value is -2.49. The zero-order chi connectivity index (χ0) is 14.7. The van der Waals surface area contributed by atoms with Crippen molar-refractivity contribution in [3.05, 3.63) is 65.7 Å². The third-order valence-corrected chi connectivity index (χ3v) is 3.72. The van der Waals surface area contributed by atoms with E-state index in [9.17, 15) is 4.79 Å². The fourth-order valence-corrected chi connectivity index (χ4v) is 2.57. The van der Waals surface area contributed by atoms with Crippen LogP contribution in [0.2, 0.25) is 0 Å². The van der Waals surface area contributed by atoms with E-state index in [0.29, 0.717) is 17.9 Å². The molecular weight excluding hydrogens is 264 g/mol. The Morgan fingerprint density at radius 3 is 2.71 bits per heavy atom. The summed E-state index contributed by atoms with van der Waals surface area (Å²) in [5.74, 6) is 0.681. The summed E-state index contributed by atoms with van der Waals surface area (Å²) in [5, 5.41) is 8.24. The standard InChI is InChI=1S/C17H16N2O2/c1-21-14-9-5-8-13(10-14)17(20)16-15(11-18-19-16)12-6-3-2-4-7-12/h2-10,15-16H,11H2,1H3. The van der Waals surface area contributed by atoms with E-state index in [0.717, 1.165) is 5.56 Å². The summed E-state index contributed by atoms with van der Waals surface area (Å²) in [7, 11) is 1.59. The van der Waals surface area contributed by atoms with Crippen molar-refractivity contribution in [2.24, 2.45) is 10.2 Å². The number of ketones is 1. The van der Waals surface area contributed by atoms with Crippen LogP contribution in [0.25, 0.3) is 0 Å². The first-order valence-corrected chi connectivity index (χ1v) is 6.89. The Morgan fingerprint density at radius 2 is 1.95 bits per heavy atom. The molecule has 2 aromatic rings. The third kappa shape index (κ3) is 2.70. The Labute approximate surface area is 123 Å². The maximum Gasteiger partial charge on any atom is 0.190 e. The van der Waals surface area contributed by atoms with E-state index >= 15 is 0 Å². The van der Waals surface area contributed by atoms with E-state index in [-0.39, 0.29) is 11.7 Å². The van der Waals surface area contributed by atoms with Crippen molar-refractivity contribution < 1.29 is 9.53 Å². The summed E-state index contributed by atoms with van der Waals surface area (Å²) in [6.45, 7) is 0.560. The number of ether oxygens (including phenoxy) is 1. The summed E-state index contributed by atoms with van der Waals surface area (Å²) in [4.78, 5) is 12.7. The second-order valence-electron chi connectivity index (χ2n) is 5.00. The number of methoxy groups -OCH3 is 1. The summed E-state index contributed by atoms with van der Waals surface area (Å²) in [6, 6.07) is 16.7. The SMILES string of the molecule is COc1cccc(C(=O)C2N=NCC2c2ccccc2)c1. The molecule has 1 aliphatic rings. The lowest BCUT2D eigenvalue weighted by Gasteiger charge is -2.16. The number of rotatable bonds is 4. The molecule has 1 aliphatic heterocycles. The largest absolute Gasteiger partial charge is 0.497 e. The predicted molar refractivity (Wildman–Crippen MR) is 80.0 cm³/mol. The lowest BCUT2D eigenvalue weighted by atomic mass is 9.88. The topological polar surface area (TPSA) is 51.0 Å². The first-order valence-electron chi connectivity index (χ1n) is 6.89. The van der Waals surface area contributed by atoms with Gasteiger partial charge in [0.25, 0.3) is 0 Å². The maximum atomic E-state index is 12.7. The molecule has 21 heavy (non-hydrogen) atoms. The molecule has 0 aromatic heterocycles. The Bertz CT molecular complexity index is 668. The molecule has 2 unspecified atom stereocenters. The number of benzene rings is 2. The predicted octanol–water partition coefficient (Wildman–Crippen LogP) is 3.50. The Morgan fingerprint density at radius 1 is 1.14 bits per heavy atom. The van der Waals surface area contributed by atoms with Gasteiger partial charge in [-0.1, -0.05) is 42.5 Å². The van der Waals surface area contributed by atoms with E-state index in [1.54, 1.807) is 19.2 Å². The van der Waals surface area contributed by atoms with Crippen LogP contribution in [-0.4, -0.2) is 25.5 Å². The second-order valence-corrected chi connectivity index (χ2v) is 5.00. The molecule has 4 nitrogen and oxygen atoms in total. The van der Waals surface area contributed by atoms with Crippen LogP contribution in [0.3, 0.4) is 0 Å². The minimum atomic E-state index is -0.445. The smallest absolute Gasteiger partial charge is 0.190 e. The first kappa shape index (κ1) is 13.5. The van der Waals surface area contributed by atoms with Gasteiger partial charge in [0, 0.05) is 11.5 Å². The quantitative estimate of drug-likeness (QED) is 0.805. The number of carbonyl (C=O) groups is 1. The molecule has 0 radical (unpaired) electrons. The zero-order valence-corrected chi connectivity index (χ0v) is 11.8. The van der Waals surface area contributed by atoms with Gasteiger partial charge < -0.3 is 4.74 Å². The fourth-order valence-electron chi connectivity index (χ4n) is 2.57. The fraction of sp³-hybridized carbons (Fsp3) is 0.235. The highest BCUT2D eigenvalue weighted by atomic mass is 16.5. The van der Waals surface area contributed by atoms with Crippen molar-refractivity contribution >= 4 is 5.78 Å². The van der Waals surface area contributed by atoms with Gasteiger partial charge in [-0.25, -0.2) is 0 Å². The van der Waals surface area contributed by atoms with Crippen molar-refractivity contribution in [3.63, 3.8) is 0 Å². The third-order valence-electron chi connectivity index (χ3n) is 3.72. The highest BCUT2D eigenvalue weighted by Crippen LogP contribution is 2.30. The average molecular weight is 280 g/mol. The molecule has 106 valence electrons. The van der Waals surface area contributed by atoms with Gasteiger partial charge in [0.2, 0.25) is 0 Å². The number of Topliss-reactive ketones (excluding diaryl/α,β-unsaturated/α-hetero) is 1. The molecule has 0 spiro atoms. The van der Waals surface area contributed by atoms with Gasteiger partial charge in [-0.3, -0.25) is 4.79 Å². The molecule has 3 rings (SSSR count). The van der Waals surface area contributed by atoms with Crippen molar-refractivity contribution in [1.82, 2.24) is 0 Å². The Kier molecular flexibility index (Phi) is 3.77. The van der Waals surface area contributed by atoms with Crippen molar-refractivity contribution in [3.8, 4) is 5.75 Å². The summed E-state index contributed by atoms with van der Waals surface area (Å²) >= 11 is 0. The molecule has 2 atom stereocenters. The molecule has 0 bridgehead atoms. The number of nitrogens with zero attached hydrogens (tertiary/aromatic N) is 2. The van der Waals surface area contributed by atoms with Gasteiger partial charge >= 0.3 is 0 Å². The van der Waals surface area contributed by atoms with Gasteiger partial charge in [-0.05, 0) is 17.7 Å². The summed E-state index contributed by atoms with van der Waals surface area (Å²) in [5.41, 5.74) is 1.71. The van der Waals surface area contributed by atoms with Crippen LogP contribution in [0, 0.1) is 0 Å². The number of azo groups is 1. The highest BCUT2D eigenvalue weighted by molar-refractivity contribution is 6.01. The molecule has 2 aromatic carbocycles. The molecule has 0 N–H and O–H groups in total. The van der Waals surface area contributed by atoms with Crippen molar-refractivity contribution in [2.75, 3.05) is 13.7 Å². The van der Waals surface area contributed by atoms with Crippen LogP contribution in [0.1, 0.15) is 21.8 Å². The molecule has 0 aliphatic carbocycles. The number of carbonyl (C=O) groups excluding carboxylic acids is 1. The molecule has 0 saturated carbocycles. The molecule has 1 heterocycles. The number of hydrogen-bond donors (Lipinski definition) is 0. The summed E-state index contributed by atoms with van der Waals surface area (Å²) < 4.78 is 5.17. The van der Waals surface area contributed by atoms with Gasteiger partial charge in [0.05, 0.1) is 13.7 Å². The monoisotopic (exact) mass is 280 g/mol. The van der Waals surface area contributed by atoms with E-state index in [2.05, 4.69) is 10.2 Å². The second kappa shape index (κ2) is 5.87. The van der Waals surface area contributed by atoms with Crippen LogP contribution < -0.4 is 4.74 Å². The van der Waals surface area contributed by atoms with Gasteiger partial charge in [-0.15, -0.1) is 0 Å². The van der Waals surface area contributed by atoms with E-state index < -0.39 is 6.04 Å². The molecule has 0 amide bonds. The van der Waals surface area contributed by atoms with Crippen LogP contribution in [0.15, 0.2) is 64.8 Å². The minimum absolute atomic E-state index is 0.0102. The van der Waals surface area contributed by atoms with Crippen LogP contribution in [-0.2, 0) is 0 Å². The molecule has 0 saturated heterocycles. The lowest BCUT2D eigenvalue weighted by molar-refractivity contribution is 0.0955. The number of hydrogen-bond acceptors (Lipinski definition) is 4. The maximum absolute atomic E-state index is 12.7. The van der Waals surface area contributed by atoms with Crippen LogP contribution >= 0.6 is 0 Å². The van der Waals surface area contributed by atoms with Gasteiger partial charge in [-0.2, -0.15) is 10.2 Å². The summed E-state index contributed by atoms with van der Waals surface area (Å²) in [6.07, 6.45) is 0. The van der Waals surface area contributed by atoms with Crippen LogP contribution in [0.5, 0.6) is 5.75 Å². The zero-order valence-electron chi connectivity index (χ0n) is 11.8. The Balaban J connectivity index is 1.88. The molecule has 4 heteroatoms. The van der Waals surface area contributed by atoms with Gasteiger partial charge in [0.1, 0.15) is 11.8 Å². The minimum Gasteiger partial charge on any atom is -0.497 e. The molecular formula is C17H16N2O2. The lowest BCUT2D eigenvalue weighted by Crippen LogP contribution is -2.24. The first-order chi connectivity index (χ1) is 10.3. The van der Waals surface area contributed by atoms with Crippen molar-refractivity contribution in [1.29, 1.82) is 0 Å².